The van der Waals surface area contributed by atoms with Gasteiger partial charge in [0.05, 0.1) is 11.4 Å². The van der Waals surface area contributed by atoms with Crippen LogP contribution in [0.1, 0.15) is 40.9 Å². The van der Waals surface area contributed by atoms with E-state index in [2.05, 4.69) is 53.1 Å². The van der Waals surface area contributed by atoms with Crippen LogP contribution in [0.4, 0.5) is 5.82 Å². The largest absolute Gasteiger partial charge is 0.370 e. The van der Waals surface area contributed by atoms with Gasteiger partial charge in [-0.2, -0.15) is 5.10 Å². The molecule has 0 saturated heterocycles. The molecule has 2 aromatic heterocycles. The molecule has 0 amide bonds. The highest BCUT2D eigenvalue weighted by atomic mass is 15.3. The number of aryl methyl sites for hydroxylation is 2. The van der Waals surface area contributed by atoms with Crippen molar-refractivity contribution in [2.75, 3.05) is 11.9 Å². The van der Waals surface area contributed by atoms with E-state index in [0.29, 0.717) is 0 Å². The van der Waals surface area contributed by atoms with Crippen LogP contribution in [0.5, 0.6) is 0 Å². The molecular formula is C21H24N4. The Balaban J connectivity index is 1.83. The van der Waals surface area contributed by atoms with Crippen molar-refractivity contribution in [2.24, 2.45) is 0 Å². The van der Waals surface area contributed by atoms with Gasteiger partial charge in [-0.25, -0.2) is 4.68 Å². The first-order valence-electron chi connectivity index (χ1n) is 9.04. The predicted octanol–water partition coefficient (Wildman–Crippen LogP) is 4.22. The van der Waals surface area contributed by atoms with Crippen LogP contribution < -0.4 is 5.32 Å². The number of benzene rings is 1. The standard InChI is InChI=1S/C21H24N4/c1-15-9-10-16(2)20(13-15)25-21-18(8-4-6-12-23-21)19(24-25)14-17-7-3-5-11-22-17/h3,5,7,9-11,13,23H,4,6,8,12,14H2,1-2H3. The minimum Gasteiger partial charge on any atom is -0.370 e. The van der Waals surface area contributed by atoms with E-state index < -0.39 is 0 Å². The van der Waals surface area contributed by atoms with Gasteiger partial charge in [-0.05, 0) is 62.4 Å². The molecule has 0 radical (unpaired) electrons. The molecule has 3 heterocycles. The van der Waals surface area contributed by atoms with Crippen LogP contribution in [0.2, 0.25) is 0 Å². The van der Waals surface area contributed by atoms with Crippen LogP contribution in [0, 0.1) is 13.8 Å². The van der Waals surface area contributed by atoms with Crippen molar-refractivity contribution >= 4 is 5.82 Å². The number of rotatable bonds is 3. The predicted molar refractivity (Wildman–Crippen MR) is 102 cm³/mol. The zero-order chi connectivity index (χ0) is 17.2. The number of anilines is 1. The molecule has 128 valence electrons. The highest BCUT2D eigenvalue weighted by molar-refractivity contribution is 5.57. The fourth-order valence-electron chi connectivity index (χ4n) is 3.51. The first-order chi connectivity index (χ1) is 12.2. The third-order valence-electron chi connectivity index (χ3n) is 4.88. The number of hydrogen-bond donors (Lipinski definition) is 1. The van der Waals surface area contributed by atoms with Gasteiger partial charge in [0.1, 0.15) is 5.82 Å². The number of pyridine rings is 1. The molecule has 25 heavy (non-hydrogen) atoms. The summed E-state index contributed by atoms with van der Waals surface area (Å²) in [5.41, 5.74) is 7.22. The fourth-order valence-corrected chi connectivity index (χ4v) is 3.51. The Labute approximate surface area is 148 Å². The third kappa shape index (κ3) is 3.16. The molecule has 1 aromatic carbocycles. The molecule has 0 unspecified atom stereocenters. The first-order valence-corrected chi connectivity index (χ1v) is 9.04. The van der Waals surface area contributed by atoms with E-state index in [0.717, 1.165) is 42.3 Å². The Bertz CT molecular complexity index is 880. The molecule has 0 spiro atoms. The Morgan fingerprint density at radius 1 is 1.12 bits per heavy atom. The molecule has 1 N–H and O–H groups in total. The molecule has 0 fully saturated rings. The molecule has 1 aliphatic rings. The van der Waals surface area contributed by atoms with Crippen molar-refractivity contribution in [3.05, 3.63) is 70.7 Å². The minimum atomic E-state index is 0.780. The average molecular weight is 332 g/mol. The van der Waals surface area contributed by atoms with Crippen molar-refractivity contribution in [1.82, 2.24) is 14.8 Å². The van der Waals surface area contributed by atoms with E-state index in [-0.39, 0.29) is 0 Å². The number of aromatic nitrogens is 3. The van der Waals surface area contributed by atoms with Crippen molar-refractivity contribution < 1.29 is 0 Å². The molecular weight excluding hydrogens is 308 g/mol. The third-order valence-corrected chi connectivity index (χ3v) is 4.88. The van der Waals surface area contributed by atoms with E-state index in [9.17, 15) is 0 Å². The van der Waals surface area contributed by atoms with E-state index in [1.165, 1.54) is 29.5 Å². The summed E-state index contributed by atoms with van der Waals surface area (Å²) in [6.45, 7) is 5.29. The maximum atomic E-state index is 5.02. The molecule has 0 saturated carbocycles. The van der Waals surface area contributed by atoms with Gasteiger partial charge in [0.2, 0.25) is 0 Å². The Morgan fingerprint density at radius 2 is 2.04 bits per heavy atom. The van der Waals surface area contributed by atoms with E-state index in [1.54, 1.807) is 0 Å². The van der Waals surface area contributed by atoms with E-state index in [4.69, 9.17) is 5.10 Å². The summed E-state index contributed by atoms with van der Waals surface area (Å²) in [4.78, 5) is 4.49. The number of hydrogen-bond acceptors (Lipinski definition) is 3. The SMILES string of the molecule is Cc1ccc(C)c(-n2nc(Cc3ccccn3)c3c2NCCCC3)c1. The molecule has 4 rings (SSSR count). The van der Waals surface area contributed by atoms with Crippen LogP contribution in [-0.4, -0.2) is 21.3 Å². The van der Waals surface area contributed by atoms with Crippen LogP contribution >= 0.6 is 0 Å². The van der Waals surface area contributed by atoms with Crippen molar-refractivity contribution in [3.63, 3.8) is 0 Å². The molecule has 0 bridgehead atoms. The number of nitrogens with zero attached hydrogens (tertiary/aromatic N) is 3. The van der Waals surface area contributed by atoms with Crippen molar-refractivity contribution in [2.45, 2.75) is 39.5 Å². The monoisotopic (exact) mass is 332 g/mol. The zero-order valence-corrected chi connectivity index (χ0v) is 14.9. The van der Waals surface area contributed by atoms with Crippen LogP contribution in [0.25, 0.3) is 5.69 Å². The van der Waals surface area contributed by atoms with Gasteiger partial charge in [0.25, 0.3) is 0 Å². The van der Waals surface area contributed by atoms with Gasteiger partial charge in [-0.15, -0.1) is 0 Å². The smallest absolute Gasteiger partial charge is 0.133 e. The summed E-state index contributed by atoms with van der Waals surface area (Å²) in [5.74, 6) is 1.16. The maximum Gasteiger partial charge on any atom is 0.133 e. The van der Waals surface area contributed by atoms with Crippen molar-refractivity contribution in [1.29, 1.82) is 0 Å². The zero-order valence-electron chi connectivity index (χ0n) is 14.9. The summed E-state index contributed by atoms with van der Waals surface area (Å²) >= 11 is 0. The molecule has 4 nitrogen and oxygen atoms in total. The topological polar surface area (TPSA) is 42.7 Å². The van der Waals surface area contributed by atoms with Crippen molar-refractivity contribution in [3.8, 4) is 5.69 Å². The highest BCUT2D eigenvalue weighted by Gasteiger charge is 2.21. The van der Waals surface area contributed by atoms with Gasteiger partial charge < -0.3 is 5.32 Å². The number of nitrogens with one attached hydrogen (secondary N) is 1. The summed E-state index contributed by atoms with van der Waals surface area (Å²) in [6, 6.07) is 12.6. The second-order valence-corrected chi connectivity index (χ2v) is 6.86. The van der Waals surface area contributed by atoms with E-state index >= 15 is 0 Å². The maximum absolute atomic E-state index is 5.02. The van der Waals surface area contributed by atoms with Crippen LogP contribution in [0.15, 0.2) is 42.6 Å². The Hall–Kier alpha value is -2.62. The normalized spacial score (nSPS) is 13.8. The molecule has 3 aromatic rings. The summed E-state index contributed by atoms with van der Waals surface area (Å²) in [6.07, 6.45) is 6.12. The lowest BCUT2D eigenvalue weighted by atomic mass is 10.1. The van der Waals surface area contributed by atoms with Gasteiger partial charge >= 0.3 is 0 Å². The molecule has 0 atom stereocenters. The van der Waals surface area contributed by atoms with Crippen LogP contribution in [-0.2, 0) is 12.8 Å². The number of fused-ring (bicyclic) bond motifs is 1. The Morgan fingerprint density at radius 3 is 2.88 bits per heavy atom. The Kier molecular flexibility index (Phi) is 4.26. The van der Waals surface area contributed by atoms with Gasteiger partial charge in [0.15, 0.2) is 0 Å². The quantitative estimate of drug-likeness (QED) is 0.781. The molecule has 0 aliphatic carbocycles. The highest BCUT2D eigenvalue weighted by Crippen LogP contribution is 2.30. The van der Waals surface area contributed by atoms with Crippen LogP contribution in [0.3, 0.4) is 0 Å². The lowest BCUT2D eigenvalue weighted by Gasteiger charge is -2.12. The second-order valence-electron chi connectivity index (χ2n) is 6.86. The van der Waals surface area contributed by atoms with Gasteiger partial charge in [-0.1, -0.05) is 18.2 Å². The summed E-state index contributed by atoms with van der Waals surface area (Å²) in [5, 5.41) is 8.64. The lowest BCUT2D eigenvalue weighted by molar-refractivity contribution is 0.765. The van der Waals surface area contributed by atoms with Gasteiger partial charge in [-0.3, -0.25) is 4.98 Å². The fraction of sp³-hybridized carbons (Fsp3) is 0.333. The van der Waals surface area contributed by atoms with E-state index in [1.807, 2.05) is 18.3 Å². The summed E-state index contributed by atoms with van der Waals surface area (Å²) < 4.78 is 2.11. The molecule has 1 aliphatic heterocycles. The lowest BCUT2D eigenvalue weighted by Crippen LogP contribution is -2.08. The minimum absolute atomic E-state index is 0.780. The first kappa shape index (κ1) is 15.9. The summed E-state index contributed by atoms with van der Waals surface area (Å²) in [7, 11) is 0. The average Bonchev–Trinajstić information content (AvgIpc) is 2.80. The second kappa shape index (κ2) is 6.71. The molecule has 4 heteroatoms. The van der Waals surface area contributed by atoms with Gasteiger partial charge in [0, 0.05) is 30.4 Å².